The number of hydrogen-bond acceptors (Lipinski definition) is 4. The number of rotatable bonds is 4. The molecule has 6 nitrogen and oxygen atoms in total. The van der Waals surface area contributed by atoms with E-state index in [1.54, 1.807) is 22.5 Å². The van der Waals surface area contributed by atoms with Gasteiger partial charge in [-0.2, -0.15) is 4.31 Å². The minimum absolute atomic E-state index is 0.206. The van der Waals surface area contributed by atoms with Crippen molar-refractivity contribution in [2.75, 3.05) is 13.1 Å². The molecule has 2 fully saturated rings. The minimum Gasteiger partial charge on any atom is -0.451 e. The van der Waals surface area contributed by atoms with E-state index in [0.29, 0.717) is 35.5 Å². The van der Waals surface area contributed by atoms with E-state index in [-0.39, 0.29) is 22.6 Å². The highest BCUT2D eigenvalue weighted by atomic mass is 32.2. The maximum atomic E-state index is 13.1. The molecule has 2 aromatic rings. The summed E-state index contributed by atoms with van der Waals surface area (Å²) in [5.41, 5.74) is 1.23. The molecule has 1 unspecified atom stereocenters. The average Bonchev–Trinajstić information content (AvgIpc) is 3.29. The van der Waals surface area contributed by atoms with Crippen molar-refractivity contribution in [2.45, 2.75) is 63.3 Å². The number of sulfonamides is 1. The first-order valence-corrected chi connectivity index (χ1v) is 11.6. The van der Waals surface area contributed by atoms with Gasteiger partial charge in [-0.3, -0.25) is 4.79 Å². The Morgan fingerprint density at radius 3 is 2.64 bits per heavy atom. The molecule has 1 aromatic heterocycles. The van der Waals surface area contributed by atoms with Gasteiger partial charge in [-0.25, -0.2) is 8.42 Å². The molecule has 152 valence electrons. The molecule has 0 bridgehead atoms. The van der Waals surface area contributed by atoms with Crippen LogP contribution in [0.1, 0.15) is 61.6 Å². The van der Waals surface area contributed by atoms with Crippen LogP contribution in [0.25, 0.3) is 11.0 Å². The van der Waals surface area contributed by atoms with E-state index in [4.69, 9.17) is 4.42 Å². The highest BCUT2D eigenvalue weighted by Crippen LogP contribution is 2.30. The quantitative estimate of drug-likeness (QED) is 0.840. The lowest BCUT2D eigenvalue weighted by atomic mass is 10.0. The molecule has 1 aromatic carbocycles. The first-order chi connectivity index (χ1) is 13.4. The zero-order chi connectivity index (χ0) is 19.9. The summed E-state index contributed by atoms with van der Waals surface area (Å²) in [4.78, 5) is 12.9. The fourth-order valence-electron chi connectivity index (χ4n) is 4.41. The van der Waals surface area contributed by atoms with Crippen LogP contribution in [-0.2, 0) is 10.0 Å². The van der Waals surface area contributed by atoms with Gasteiger partial charge in [-0.05, 0) is 56.7 Å². The molecule has 1 aliphatic carbocycles. The zero-order valence-electron chi connectivity index (χ0n) is 16.5. The summed E-state index contributed by atoms with van der Waals surface area (Å²) in [7, 11) is -3.54. The van der Waals surface area contributed by atoms with Crippen LogP contribution in [0.2, 0.25) is 0 Å². The average molecular weight is 405 g/mol. The number of hydrogen-bond donors (Lipinski definition) is 1. The van der Waals surface area contributed by atoms with Crippen LogP contribution >= 0.6 is 0 Å². The van der Waals surface area contributed by atoms with Crippen LogP contribution in [0.15, 0.2) is 27.5 Å². The smallest absolute Gasteiger partial charge is 0.287 e. The number of carbonyl (C=O) groups is 1. The van der Waals surface area contributed by atoms with Crippen molar-refractivity contribution in [1.82, 2.24) is 9.62 Å². The Bertz CT molecular complexity index is 989. The SMILES string of the molecule is Cc1c(C(=O)NC2CCCC2)oc2ccc(S(=O)(=O)N3CCCC(C)C3)cc12. The monoisotopic (exact) mass is 404 g/mol. The number of fused-ring (bicyclic) bond motifs is 1. The van der Waals surface area contributed by atoms with Crippen molar-refractivity contribution in [3.05, 3.63) is 29.5 Å². The van der Waals surface area contributed by atoms with Gasteiger partial charge in [0.1, 0.15) is 5.58 Å². The topological polar surface area (TPSA) is 79.6 Å². The summed E-state index contributed by atoms with van der Waals surface area (Å²) < 4.78 is 33.5. The van der Waals surface area contributed by atoms with Gasteiger partial charge in [-0.15, -0.1) is 0 Å². The molecule has 1 atom stereocenters. The fourth-order valence-corrected chi connectivity index (χ4v) is 6.04. The second-order valence-electron chi connectivity index (χ2n) is 8.28. The van der Waals surface area contributed by atoms with E-state index >= 15 is 0 Å². The summed E-state index contributed by atoms with van der Waals surface area (Å²) in [6, 6.07) is 5.10. The first-order valence-electron chi connectivity index (χ1n) is 10.2. The van der Waals surface area contributed by atoms with E-state index in [0.717, 1.165) is 38.5 Å². The van der Waals surface area contributed by atoms with E-state index in [9.17, 15) is 13.2 Å². The summed E-state index contributed by atoms with van der Waals surface area (Å²) >= 11 is 0. The minimum atomic E-state index is -3.54. The molecule has 4 rings (SSSR count). The largest absolute Gasteiger partial charge is 0.451 e. The Balaban J connectivity index is 1.63. The Kier molecular flexibility index (Phi) is 5.22. The van der Waals surface area contributed by atoms with Gasteiger partial charge < -0.3 is 9.73 Å². The van der Waals surface area contributed by atoms with Crippen molar-refractivity contribution >= 4 is 26.9 Å². The molecule has 1 amide bonds. The number of carbonyl (C=O) groups excluding carboxylic acids is 1. The van der Waals surface area contributed by atoms with Crippen molar-refractivity contribution < 1.29 is 17.6 Å². The molecule has 28 heavy (non-hydrogen) atoms. The van der Waals surface area contributed by atoms with Gasteiger partial charge in [-0.1, -0.05) is 19.8 Å². The number of benzene rings is 1. The predicted molar refractivity (Wildman–Crippen MR) is 108 cm³/mol. The van der Waals surface area contributed by atoms with Gasteiger partial charge in [0.2, 0.25) is 10.0 Å². The molecule has 1 aliphatic heterocycles. The molecule has 2 heterocycles. The number of amides is 1. The van der Waals surface area contributed by atoms with Crippen LogP contribution < -0.4 is 5.32 Å². The Hall–Kier alpha value is -1.86. The molecule has 7 heteroatoms. The Morgan fingerprint density at radius 2 is 1.93 bits per heavy atom. The van der Waals surface area contributed by atoms with Gasteiger partial charge in [0.15, 0.2) is 5.76 Å². The van der Waals surface area contributed by atoms with Gasteiger partial charge in [0.25, 0.3) is 5.91 Å². The molecule has 1 N–H and O–H groups in total. The zero-order valence-corrected chi connectivity index (χ0v) is 17.3. The van der Waals surface area contributed by atoms with E-state index in [1.165, 1.54) is 0 Å². The second kappa shape index (κ2) is 7.52. The second-order valence-corrected chi connectivity index (χ2v) is 10.2. The molecule has 2 aliphatic rings. The summed E-state index contributed by atoms with van der Waals surface area (Å²) in [6.45, 7) is 5.01. The highest BCUT2D eigenvalue weighted by Gasteiger charge is 2.30. The standard InChI is InChI=1S/C21H28N2O4S/c1-14-6-5-11-23(13-14)28(25,26)17-9-10-19-18(12-17)15(2)20(27-19)21(24)22-16-7-3-4-8-16/h9-10,12,14,16H,3-8,11,13H2,1-2H3,(H,22,24). The number of piperidine rings is 1. The lowest BCUT2D eigenvalue weighted by molar-refractivity contribution is 0.0911. The summed E-state index contributed by atoms with van der Waals surface area (Å²) in [5.74, 6) is 0.437. The maximum absolute atomic E-state index is 13.1. The number of aryl methyl sites for hydroxylation is 1. The van der Waals surface area contributed by atoms with Crippen molar-refractivity contribution in [3.63, 3.8) is 0 Å². The Labute approximate surface area is 166 Å². The van der Waals surface area contributed by atoms with E-state index in [1.807, 2.05) is 6.92 Å². The third kappa shape index (κ3) is 3.57. The number of furan rings is 1. The molecule has 0 radical (unpaired) electrons. The number of nitrogens with zero attached hydrogens (tertiary/aromatic N) is 1. The fraction of sp³-hybridized carbons (Fsp3) is 0.571. The normalized spacial score (nSPS) is 22.0. The van der Waals surface area contributed by atoms with Crippen LogP contribution in [0, 0.1) is 12.8 Å². The Morgan fingerprint density at radius 1 is 1.18 bits per heavy atom. The van der Waals surface area contributed by atoms with Crippen LogP contribution in [0.4, 0.5) is 0 Å². The molecule has 0 spiro atoms. The van der Waals surface area contributed by atoms with Crippen molar-refractivity contribution in [1.29, 1.82) is 0 Å². The predicted octanol–water partition coefficient (Wildman–Crippen LogP) is 3.83. The highest BCUT2D eigenvalue weighted by molar-refractivity contribution is 7.89. The van der Waals surface area contributed by atoms with E-state index in [2.05, 4.69) is 12.2 Å². The third-order valence-electron chi connectivity index (χ3n) is 6.06. The summed E-state index contributed by atoms with van der Waals surface area (Å²) in [5, 5.41) is 3.72. The van der Waals surface area contributed by atoms with E-state index < -0.39 is 10.0 Å². The summed E-state index contributed by atoms with van der Waals surface area (Å²) in [6.07, 6.45) is 6.23. The first kappa shape index (κ1) is 19.5. The third-order valence-corrected chi connectivity index (χ3v) is 7.92. The van der Waals surface area contributed by atoms with Gasteiger partial charge in [0.05, 0.1) is 4.90 Å². The van der Waals surface area contributed by atoms with Gasteiger partial charge >= 0.3 is 0 Å². The molecular formula is C21H28N2O4S. The van der Waals surface area contributed by atoms with Gasteiger partial charge in [0, 0.05) is 30.1 Å². The molecule has 1 saturated heterocycles. The van der Waals surface area contributed by atoms with Crippen LogP contribution in [0.3, 0.4) is 0 Å². The van der Waals surface area contributed by atoms with Crippen LogP contribution in [0.5, 0.6) is 0 Å². The lowest BCUT2D eigenvalue weighted by Crippen LogP contribution is -2.39. The van der Waals surface area contributed by atoms with Crippen LogP contribution in [-0.4, -0.2) is 37.8 Å². The van der Waals surface area contributed by atoms with Crippen molar-refractivity contribution in [2.24, 2.45) is 5.92 Å². The van der Waals surface area contributed by atoms with Crippen molar-refractivity contribution in [3.8, 4) is 0 Å². The number of nitrogens with one attached hydrogen (secondary N) is 1. The lowest BCUT2D eigenvalue weighted by Gasteiger charge is -2.30. The molecule has 1 saturated carbocycles. The maximum Gasteiger partial charge on any atom is 0.287 e. The molecular weight excluding hydrogens is 376 g/mol.